The molecule has 3 saturated heterocycles. The van der Waals surface area contributed by atoms with Crippen molar-refractivity contribution in [2.75, 3.05) is 26.3 Å². The number of carbonyl (C=O) groups is 5. The average molecular weight is 693 g/mol. The van der Waals surface area contributed by atoms with Crippen LogP contribution in [0.5, 0.6) is 0 Å². The van der Waals surface area contributed by atoms with Gasteiger partial charge in [-0.1, -0.05) is 26.0 Å². The molecule has 1 aromatic carbocycles. The Morgan fingerprint density at radius 1 is 1.02 bits per heavy atom. The molecule has 3 heterocycles. The number of rotatable bonds is 11. The highest BCUT2D eigenvalue weighted by Gasteiger charge is 2.64. The van der Waals surface area contributed by atoms with Gasteiger partial charge in [0.25, 0.3) is 0 Å². The molecule has 5 fully saturated rings. The lowest BCUT2D eigenvalue weighted by Crippen LogP contribution is -2.49. The van der Waals surface area contributed by atoms with Crippen molar-refractivity contribution in [1.82, 2.24) is 10.2 Å². The van der Waals surface area contributed by atoms with Gasteiger partial charge in [-0.2, -0.15) is 0 Å². The standard InChI is InChI=1S/C37H44N2O11/c1-36(2)20-46-35(45)31(36)48-29(41)14-7-21-5-8-22(9-6-21)34(44)47-27-18-23(33(43)39-16-3-4-26(39)32(42)38-15-17-40)19-28-30(27)50-37(49-28,24-10-11-24)25-12-13-25/h5-9,14,19,24-28,30-31,40H,3-4,10-13,15-18,20H2,1-2H3,(H,38,42)/t26-,27-,28-,30+,31+/m1/s1. The predicted molar refractivity (Wildman–Crippen MR) is 175 cm³/mol. The summed E-state index contributed by atoms with van der Waals surface area (Å²) in [5.74, 6) is -2.68. The van der Waals surface area contributed by atoms with Crippen molar-refractivity contribution in [3.05, 3.63) is 53.1 Å². The summed E-state index contributed by atoms with van der Waals surface area (Å²) in [6, 6.07) is 5.83. The average Bonchev–Trinajstić information content (AvgIpc) is 4.04. The number of nitrogens with one attached hydrogen (secondary N) is 1. The molecule has 2 N–H and O–H groups in total. The Morgan fingerprint density at radius 3 is 2.38 bits per heavy atom. The highest BCUT2D eigenvalue weighted by molar-refractivity contribution is 5.98. The number of hydrogen-bond acceptors (Lipinski definition) is 11. The van der Waals surface area contributed by atoms with Crippen LogP contribution in [-0.2, 0) is 42.9 Å². The summed E-state index contributed by atoms with van der Waals surface area (Å²) in [6.07, 6.45) is 6.86. The van der Waals surface area contributed by atoms with E-state index < -0.39 is 59.6 Å². The van der Waals surface area contributed by atoms with Gasteiger partial charge in [-0.05, 0) is 68.4 Å². The molecule has 6 aliphatic rings. The highest BCUT2D eigenvalue weighted by Crippen LogP contribution is 2.59. The van der Waals surface area contributed by atoms with E-state index in [0.29, 0.717) is 30.5 Å². The molecule has 268 valence electrons. The fourth-order valence-corrected chi connectivity index (χ4v) is 7.51. The number of aliphatic hydroxyl groups excluding tert-OH is 1. The van der Waals surface area contributed by atoms with Gasteiger partial charge in [0.15, 0.2) is 5.79 Å². The van der Waals surface area contributed by atoms with Gasteiger partial charge in [0.2, 0.25) is 17.9 Å². The van der Waals surface area contributed by atoms with Crippen molar-refractivity contribution in [3.8, 4) is 0 Å². The third-order valence-corrected chi connectivity index (χ3v) is 10.5. The normalized spacial score (nSPS) is 29.7. The summed E-state index contributed by atoms with van der Waals surface area (Å²) < 4.78 is 29.8. The maximum absolute atomic E-state index is 14.0. The lowest BCUT2D eigenvalue weighted by molar-refractivity contribution is -0.209. The molecule has 2 amide bonds. The fraction of sp³-hybridized carbons (Fsp3) is 0.595. The number of amides is 2. The molecule has 0 spiro atoms. The Hall–Kier alpha value is -4.07. The first kappa shape index (κ1) is 34.4. The predicted octanol–water partition coefficient (Wildman–Crippen LogP) is 2.45. The number of likely N-dealkylation sites (tertiary alicyclic amines) is 1. The molecule has 0 unspecified atom stereocenters. The van der Waals surface area contributed by atoms with Crippen LogP contribution in [0.15, 0.2) is 42.0 Å². The van der Waals surface area contributed by atoms with Crippen LogP contribution in [0.4, 0.5) is 0 Å². The number of nitrogens with zero attached hydrogens (tertiary/aromatic N) is 1. The number of fused-ring (bicyclic) bond motifs is 1. The fourth-order valence-electron chi connectivity index (χ4n) is 7.51. The van der Waals surface area contributed by atoms with Crippen molar-refractivity contribution in [2.45, 2.75) is 95.0 Å². The summed E-state index contributed by atoms with van der Waals surface area (Å²) in [6.45, 7) is 4.08. The maximum Gasteiger partial charge on any atom is 0.348 e. The van der Waals surface area contributed by atoms with Gasteiger partial charge in [0, 0.05) is 48.4 Å². The lowest BCUT2D eigenvalue weighted by atomic mass is 9.90. The minimum absolute atomic E-state index is 0.107. The van der Waals surface area contributed by atoms with E-state index in [2.05, 4.69) is 5.32 Å². The summed E-state index contributed by atoms with van der Waals surface area (Å²) >= 11 is 0. The van der Waals surface area contributed by atoms with Gasteiger partial charge in [0.1, 0.15) is 31.0 Å². The van der Waals surface area contributed by atoms with Gasteiger partial charge >= 0.3 is 17.9 Å². The largest absolute Gasteiger partial charge is 0.462 e. The molecule has 7 rings (SSSR count). The SMILES string of the molecule is CC1(C)COC(=O)[C@@H]1OC(=O)C=Cc1ccc(C(=O)O[C@@H]2CC(C(=O)N3CCC[C@@H]3C(=O)NCCO)=C[C@H]3OC(C4CC4)(C4CC4)O[C@H]32)cc1. The Bertz CT molecular complexity index is 1580. The van der Waals surface area contributed by atoms with Gasteiger partial charge in [-0.3, -0.25) is 9.59 Å². The zero-order chi connectivity index (χ0) is 35.2. The summed E-state index contributed by atoms with van der Waals surface area (Å²) in [5, 5.41) is 11.8. The van der Waals surface area contributed by atoms with Crippen LogP contribution in [0, 0.1) is 17.3 Å². The molecule has 0 radical (unpaired) electrons. The molecule has 0 bridgehead atoms. The number of carbonyl (C=O) groups excluding carboxylic acids is 5. The van der Waals surface area contributed by atoms with Crippen LogP contribution in [0.1, 0.15) is 74.7 Å². The Kier molecular flexibility index (Phi) is 9.33. The van der Waals surface area contributed by atoms with Crippen LogP contribution >= 0.6 is 0 Å². The summed E-state index contributed by atoms with van der Waals surface area (Å²) in [5.41, 5.74) is 0.688. The number of hydrogen-bond donors (Lipinski definition) is 2. The topological polar surface area (TPSA) is 167 Å². The van der Waals surface area contributed by atoms with Crippen molar-refractivity contribution >= 4 is 35.8 Å². The molecule has 2 saturated carbocycles. The smallest absolute Gasteiger partial charge is 0.348 e. The monoisotopic (exact) mass is 692 g/mol. The van der Waals surface area contributed by atoms with E-state index in [-0.39, 0.29) is 55.4 Å². The molecule has 1 aromatic rings. The second kappa shape index (κ2) is 13.6. The first-order valence-electron chi connectivity index (χ1n) is 17.6. The van der Waals surface area contributed by atoms with E-state index in [0.717, 1.165) is 25.7 Å². The molecule has 13 nitrogen and oxygen atoms in total. The van der Waals surface area contributed by atoms with Gasteiger partial charge in [-0.15, -0.1) is 0 Å². The van der Waals surface area contributed by atoms with Crippen LogP contribution in [-0.4, -0.2) is 102 Å². The zero-order valence-corrected chi connectivity index (χ0v) is 28.3. The van der Waals surface area contributed by atoms with E-state index in [4.69, 9.17) is 28.8 Å². The summed E-state index contributed by atoms with van der Waals surface area (Å²) in [7, 11) is 0. The first-order valence-corrected chi connectivity index (χ1v) is 17.6. The van der Waals surface area contributed by atoms with E-state index in [1.165, 1.54) is 12.2 Å². The molecule has 0 aromatic heterocycles. The molecule has 13 heteroatoms. The highest BCUT2D eigenvalue weighted by atomic mass is 16.8. The van der Waals surface area contributed by atoms with Crippen molar-refractivity contribution < 1.29 is 52.8 Å². The van der Waals surface area contributed by atoms with Gasteiger partial charge < -0.3 is 39.0 Å². The second-order valence-corrected chi connectivity index (χ2v) is 14.8. The number of ether oxygens (including phenoxy) is 5. The maximum atomic E-state index is 14.0. The van der Waals surface area contributed by atoms with E-state index in [9.17, 15) is 24.0 Å². The van der Waals surface area contributed by atoms with Gasteiger partial charge in [0.05, 0.1) is 12.2 Å². The Labute approximate surface area is 290 Å². The lowest BCUT2D eigenvalue weighted by Gasteiger charge is -2.33. The first-order chi connectivity index (χ1) is 24.0. The third-order valence-electron chi connectivity index (χ3n) is 10.5. The van der Waals surface area contributed by atoms with E-state index >= 15 is 0 Å². The number of benzene rings is 1. The number of cyclic esters (lactones) is 1. The Morgan fingerprint density at radius 2 is 1.74 bits per heavy atom. The van der Waals surface area contributed by atoms with Crippen LogP contribution < -0.4 is 5.32 Å². The van der Waals surface area contributed by atoms with Crippen LogP contribution in [0.2, 0.25) is 0 Å². The zero-order valence-electron chi connectivity index (χ0n) is 28.3. The summed E-state index contributed by atoms with van der Waals surface area (Å²) in [4.78, 5) is 66.2. The molecular weight excluding hydrogens is 648 g/mol. The second-order valence-electron chi connectivity index (χ2n) is 14.8. The van der Waals surface area contributed by atoms with Gasteiger partial charge in [-0.25, -0.2) is 14.4 Å². The van der Waals surface area contributed by atoms with Crippen molar-refractivity contribution in [2.24, 2.45) is 17.3 Å². The van der Waals surface area contributed by atoms with E-state index in [1.807, 2.05) is 0 Å². The van der Waals surface area contributed by atoms with Crippen molar-refractivity contribution in [1.29, 1.82) is 0 Å². The van der Waals surface area contributed by atoms with Crippen LogP contribution in [0.25, 0.3) is 6.08 Å². The minimum Gasteiger partial charge on any atom is -0.462 e. The number of aliphatic hydroxyl groups is 1. The van der Waals surface area contributed by atoms with Crippen LogP contribution in [0.3, 0.4) is 0 Å². The molecule has 3 aliphatic heterocycles. The van der Waals surface area contributed by atoms with E-state index in [1.54, 1.807) is 49.1 Å². The molecule has 5 atom stereocenters. The minimum atomic E-state index is -0.983. The molecule has 50 heavy (non-hydrogen) atoms. The quantitative estimate of drug-likeness (QED) is 0.199. The molecule has 3 aliphatic carbocycles. The Balaban J connectivity index is 1.05. The van der Waals surface area contributed by atoms with Crippen molar-refractivity contribution in [3.63, 3.8) is 0 Å². The number of esters is 3. The third kappa shape index (κ3) is 6.82. The molecular formula is C37H44N2O11.